The molecule has 1 aromatic carbocycles. The zero-order chi connectivity index (χ0) is 19.7. The molecule has 3 heterocycles. The van der Waals surface area contributed by atoms with E-state index in [1.54, 1.807) is 17.3 Å². The van der Waals surface area contributed by atoms with Crippen LogP contribution in [-0.2, 0) is 17.8 Å². The molecule has 0 bridgehead atoms. The van der Waals surface area contributed by atoms with Crippen molar-refractivity contribution in [2.75, 3.05) is 0 Å². The maximum atomic E-state index is 13.0. The Hall–Kier alpha value is -3.22. The van der Waals surface area contributed by atoms with Gasteiger partial charge in [0.15, 0.2) is 0 Å². The maximum absolute atomic E-state index is 13.0. The van der Waals surface area contributed by atoms with Gasteiger partial charge in [0.2, 0.25) is 0 Å². The first kappa shape index (κ1) is 18.2. The Morgan fingerprint density at radius 2 is 1.93 bits per heavy atom. The maximum Gasteiger partial charge on any atom is 0.411 e. The quantitative estimate of drug-likeness (QED) is 0.679. The lowest BCUT2D eigenvalue weighted by Gasteiger charge is -2.37. The molecule has 4 rings (SSSR count). The molecule has 7 heteroatoms. The van der Waals surface area contributed by atoms with Crippen LogP contribution in [0.25, 0.3) is 11.3 Å². The lowest BCUT2D eigenvalue weighted by Crippen LogP contribution is -2.43. The van der Waals surface area contributed by atoms with Gasteiger partial charge in [0.05, 0.1) is 24.8 Å². The third-order valence-electron chi connectivity index (χ3n) is 4.63. The van der Waals surface area contributed by atoms with Crippen molar-refractivity contribution in [1.82, 2.24) is 24.9 Å². The van der Waals surface area contributed by atoms with Crippen LogP contribution in [-0.4, -0.2) is 36.6 Å². The zero-order valence-electron chi connectivity index (χ0n) is 16.2. The van der Waals surface area contributed by atoms with E-state index in [0.29, 0.717) is 13.1 Å². The molecule has 144 valence electrons. The van der Waals surface area contributed by atoms with E-state index in [4.69, 9.17) is 4.74 Å². The number of pyridine rings is 1. The number of amides is 1. The molecule has 1 atom stereocenters. The van der Waals surface area contributed by atoms with E-state index in [1.807, 2.05) is 67.9 Å². The van der Waals surface area contributed by atoms with Gasteiger partial charge >= 0.3 is 6.09 Å². The number of rotatable bonds is 2. The topological polar surface area (TPSA) is 73.1 Å². The molecule has 0 saturated carbocycles. The van der Waals surface area contributed by atoms with Crippen molar-refractivity contribution < 1.29 is 9.53 Å². The summed E-state index contributed by atoms with van der Waals surface area (Å²) >= 11 is 0. The van der Waals surface area contributed by atoms with Crippen LogP contribution in [0.3, 0.4) is 0 Å². The highest BCUT2D eigenvalue weighted by atomic mass is 16.6. The molecule has 0 aliphatic carbocycles. The van der Waals surface area contributed by atoms with Crippen molar-refractivity contribution >= 4 is 6.09 Å². The molecule has 1 aliphatic heterocycles. The van der Waals surface area contributed by atoms with Gasteiger partial charge in [-0.1, -0.05) is 35.5 Å². The second-order valence-electron chi connectivity index (χ2n) is 7.84. The minimum absolute atomic E-state index is 0.174. The fraction of sp³-hybridized carbons (Fsp3) is 0.333. The van der Waals surface area contributed by atoms with Crippen molar-refractivity contribution in [3.63, 3.8) is 0 Å². The number of aromatic nitrogens is 4. The molecule has 1 amide bonds. The summed E-state index contributed by atoms with van der Waals surface area (Å²) in [6, 6.07) is 13.6. The molecule has 0 saturated heterocycles. The number of ether oxygens (including phenoxy) is 1. The van der Waals surface area contributed by atoms with Gasteiger partial charge in [0.1, 0.15) is 11.3 Å². The molecule has 0 radical (unpaired) electrons. The number of hydrogen-bond donors (Lipinski definition) is 0. The highest BCUT2D eigenvalue weighted by molar-refractivity contribution is 5.70. The first-order valence-corrected chi connectivity index (χ1v) is 9.30. The Bertz CT molecular complexity index is 963. The van der Waals surface area contributed by atoms with Gasteiger partial charge in [0, 0.05) is 18.0 Å². The Kier molecular flexibility index (Phi) is 4.58. The predicted octanol–water partition coefficient (Wildman–Crippen LogP) is 3.83. The number of carbonyl (C=O) groups is 1. The summed E-state index contributed by atoms with van der Waals surface area (Å²) in [5.41, 5.74) is 2.98. The molecule has 7 nitrogen and oxygen atoms in total. The highest BCUT2D eigenvalue weighted by Crippen LogP contribution is 2.33. The number of hydrogen-bond acceptors (Lipinski definition) is 5. The minimum atomic E-state index is -0.569. The zero-order valence-corrected chi connectivity index (χ0v) is 16.2. The first-order chi connectivity index (χ1) is 13.4. The Morgan fingerprint density at radius 1 is 1.14 bits per heavy atom. The summed E-state index contributed by atoms with van der Waals surface area (Å²) in [6.07, 6.45) is 3.13. The van der Waals surface area contributed by atoms with Crippen LogP contribution in [0.15, 0.2) is 54.9 Å². The molecular weight excluding hydrogens is 354 g/mol. The van der Waals surface area contributed by atoms with Gasteiger partial charge in [-0.25, -0.2) is 9.48 Å². The normalized spacial score (nSPS) is 16.5. The summed E-state index contributed by atoms with van der Waals surface area (Å²) in [6.45, 7) is 6.51. The smallest absolute Gasteiger partial charge is 0.411 e. The molecule has 0 fully saturated rings. The summed E-state index contributed by atoms with van der Waals surface area (Å²) < 4.78 is 7.57. The van der Waals surface area contributed by atoms with E-state index < -0.39 is 5.60 Å². The van der Waals surface area contributed by atoms with Crippen LogP contribution in [0.5, 0.6) is 0 Å². The SMILES string of the molecule is CC(C)(C)OC(=O)N1Cc2c(-c3cccnc3)nnn2C[C@@H]1c1ccccc1. The van der Waals surface area contributed by atoms with Crippen molar-refractivity contribution in [2.45, 2.75) is 45.5 Å². The van der Waals surface area contributed by atoms with Crippen molar-refractivity contribution in [2.24, 2.45) is 0 Å². The highest BCUT2D eigenvalue weighted by Gasteiger charge is 2.36. The third-order valence-corrected chi connectivity index (χ3v) is 4.63. The van der Waals surface area contributed by atoms with Gasteiger partial charge in [-0.3, -0.25) is 9.88 Å². The average molecular weight is 377 g/mol. The minimum Gasteiger partial charge on any atom is -0.444 e. The monoisotopic (exact) mass is 377 g/mol. The van der Waals surface area contributed by atoms with Gasteiger partial charge in [0.25, 0.3) is 0 Å². The summed E-state index contributed by atoms with van der Waals surface area (Å²) in [5.74, 6) is 0. The molecule has 2 aromatic heterocycles. The van der Waals surface area contributed by atoms with Crippen LogP contribution >= 0.6 is 0 Å². The molecule has 1 aliphatic rings. The van der Waals surface area contributed by atoms with Gasteiger partial charge < -0.3 is 4.74 Å². The molecule has 0 unspecified atom stereocenters. The van der Waals surface area contributed by atoms with Crippen molar-refractivity contribution in [3.05, 3.63) is 66.1 Å². The largest absolute Gasteiger partial charge is 0.444 e. The Labute approximate surface area is 164 Å². The molecule has 3 aromatic rings. The first-order valence-electron chi connectivity index (χ1n) is 9.30. The fourth-order valence-corrected chi connectivity index (χ4v) is 3.37. The summed E-state index contributed by atoms with van der Waals surface area (Å²) in [4.78, 5) is 19.0. The molecule has 28 heavy (non-hydrogen) atoms. The van der Waals surface area contributed by atoms with E-state index in [2.05, 4.69) is 15.3 Å². The predicted molar refractivity (Wildman–Crippen MR) is 104 cm³/mol. The lowest BCUT2D eigenvalue weighted by atomic mass is 10.0. The van der Waals surface area contributed by atoms with Crippen molar-refractivity contribution in [1.29, 1.82) is 0 Å². The van der Waals surface area contributed by atoms with E-state index >= 15 is 0 Å². The van der Waals surface area contributed by atoms with Gasteiger partial charge in [-0.05, 0) is 38.5 Å². The number of fused-ring (bicyclic) bond motifs is 1. The average Bonchev–Trinajstić information content (AvgIpc) is 3.10. The summed E-state index contributed by atoms with van der Waals surface area (Å²) in [7, 11) is 0. The second-order valence-corrected chi connectivity index (χ2v) is 7.84. The fourth-order valence-electron chi connectivity index (χ4n) is 3.37. The Morgan fingerprint density at radius 3 is 2.61 bits per heavy atom. The standard InChI is InChI=1S/C21H23N5O2/c1-21(2,3)28-20(27)25-13-18-19(16-10-7-11-22-12-16)23-24-26(18)14-17(25)15-8-5-4-6-9-15/h4-12,17H,13-14H2,1-3H3/t17-/m1/s1. The van der Waals surface area contributed by atoms with Gasteiger partial charge in [-0.2, -0.15) is 0 Å². The van der Waals surface area contributed by atoms with Crippen LogP contribution in [0, 0.1) is 0 Å². The number of carbonyl (C=O) groups excluding carboxylic acids is 1. The molecule has 0 N–H and O–H groups in total. The number of nitrogens with zero attached hydrogens (tertiary/aromatic N) is 5. The second kappa shape index (κ2) is 7.07. The lowest BCUT2D eigenvalue weighted by molar-refractivity contribution is 0.00631. The van der Waals surface area contributed by atoms with E-state index in [9.17, 15) is 4.79 Å². The number of benzene rings is 1. The van der Waals surface area contributed by atoms with E-state index in [-0.39, 0.29) is 12.1 Å². The van der Waals surface area contributed by atoms with Crippen LogP contribution in [0.1, 0.15) is 38.1 Å². The van der Waals surface area contributed by atoms with Crippen LogP contribution in [0.2, 0.25) is 0 Å². The van der Waals surface area contributed by atoms with Gasteiger partial charge in [-0.15, -0.1) is 5.10 Å². The van der Waals surface area contributed by atoms with Crippen LogP contribution < -0.4 is 0 Å². The third kappa shape index (κ3) is 3.60. The van der Waals surface area contributed by atoms with Crippen molar-refractivity contribution in [3.8, 4) is 11.3 Å². The molecular formula is C21H23N5O2. The summed E-state index contributed by atoms with van der Waals surface area (Å²) in [5, 5.41) is 8.70. The van der Waals surface area contributed by atoms with E-state index in [1.165, 1.54) is 0 Å². The molecule has 0 spiro atoms. The van der Waals surface area contributed by atoms with E-state index in [0.717, 1.165) is 22.5 Å². The Balaban J connectivity index is 1.73. The van der Waals surface area contributed by atoms with Crippen LogP contribution in [0.4, 0.5) is 4.79 Å².